The summed E-state index contributed by atoms with van der Waals surface area (Å²) in [5, 5.41) is 10.00. The minimum atomic E-state index is -1.05. The average molecular weight is 341 g/mol. The zero-order valence-corrected chi connectivity index (χ0v) is 12.4. The molecule has 20 heavy (non-hydrogen) atoms. The number of hydrogen-bond acceptors (Lipinski definition) is 3. The molecule has 0 aliphatic heterocycles. The Labute approximate surface area is 125 Å². The van der Waals surface area contributed by atoms with E-state index in [9.17, 15) is 9.50 Å². The molecule has 2 aromatic carbocycles. The van der Waals surface area contributed by atoms with Crippen LogP contribution in [0.4, 0.5) is 4.39 Å². The third-order valence-corrected chi connectivity index (χ3v) is 3.42. The predicted octanol–water partition coefficient (Wildman–Crippen LogP) is 3.71. The van der Waals surface area contributed by atoms with Gasteiger partial charge in [0.1, 0.15) is 18.5 Å². The van der Waals surface area contributed by atoms with Crippen molar-refractivity contribution in [1.29, 1.82) is 0 Å². The van der Waals surface area contributed by atoms with E-state index >= 15 is 0 Å². The van der Waals surface area contributed by atoms with Crippen LogP contribution in [0.25, 0.3) is 0 Å². The molecule has 0 heterocycles. The molecule has 3 nitrogen and oxygen atoms in total. The molecule has 0 saturated heterocycles. The van der Waals surface area contributed by atoms with Gasteiger partial charge in [0.15, 0.2) is 11.5 Å². The highest BCUT2D eigenvalue weighted by Gasteiger charge is 2.15. The second-order valence-corrected chi connectivity index (χ2v) is 4.97. The van der Waals surface area contributed by atoms with Crippen LogP contribution in [-0.2, 0) is 0 Å². The molecular formula is C15H14BrFO3. The quantitative estimate of drug-likeness (QED) is 0.901. The number of methoxy groups -OCH3 is 1. The molecule has 1 unspecified atom stereocenters. The number of para-hydroxylation sites is 1. The molecule has 0 aliphatic rings. The van der Waals surface area contributed by atoms with Gasteiger partial charge in [-0.1, -0.05) is 24.3 Å². The van der Waals surface area contributed by atoms with E-state index in [0.717, 1.165) is 0 Å². The van der Waals surface area contributed by atoms with E-state index in [1.54, 1.807) is 24.3 Å². The average Bonchev–Trinajstić information content (AvgIpc) is 2.46. The summed E-state index contributed by atoms with van der Waals surface area (Å²) in [5.74, 6) is 0.563. The second-order valence-electron chi connectivity index (χ2n) is 4.12. The molecule has 0 aromatic heterocycles. The first-order chi connectivity index (χ1) is 9.63. The van der Waals surface area contributed by atoms with E-state index in [2.05, 4.69) is 15.9 Å². The first-order valence-corrected chi connectivity index (χ1v) is 6.80. The van der Waals surface area contributed by atoms with Crippen molar-refractivity contribution in [3.8, 4) is 11.5 Å². The molecular weight excluding hydrogens is 327 g/mol. The molecule has 0 bridgehead atoms. The molecule has 0 saturated carbocycles. The maximum absolute atomic E-state index is 13.5. The lowest BCUT2D eigenvalue weighted by atomic mass is 10.1. The molecule has 0 spiro atoms. The van der Waals surface area contributed by atoms with Gasteiger partial charge in [-0.15, -0.1) is 0 Å². The Kier molecular flexibility index (Phi) is 4.98. The van der Waals surface area contributed by atoms with Crippen LogP contribution in [0.15, 0.2) is 46.9 Å². The highest BCUT2D eigenvalue weighted by atomic mass is 79.9. The highest BCUT2D eigenvalue weighted by Crippen LogP contribution is 2.35. The monoisotopic (exact) mass is 340 g/mol. The fourth-order valence-electron chi connectivity index (χ4n) is 1.79. The second kappa shape index (κ2) is 6.72. The van der Waals surface area contributed by atoms with Crippen molar-refractivity contribution in [3.05, 3.63) is 58.3 Å². The first kappa shape index (κ1) is 14.8. The van der Waals surface area contributed by atoms with Crippen LogP contribution in [0.3, 0.4) is 0 Å². The molecule has 0 amide bonds. The van der Waals surface area contributed by atoms with E-state index in [1.807, 2.05) is 6.07 Å². The van der Waals surface area contributed by atoms with Gasteiger partial charge in [-0.3, -0.25) is 0 Å². The molecule has 0 radical (unpaired) electrons. The van der Waals surface area contributed by atoms with E-state index < -0.39 is 11.9 Å². The number of ether oxygens (including phenoxy) is 2. The van der Waals surface area contributed by atoms with Crippen LogP contribution in [-0.4, -0.2) is 18.8 Å². The molecule has 0 aliphatic carbocycles. The van der Waals surface area contributed by atoms with E-state index in [0.29, 0.717) is 16.0 Å². The summed E-state index contributed by atoms with van der Waals surface area (Å²) in [5.41, 5.74) is 0.207. The smallest absolute Gasteiger partial charge is 0.175 e. The summed E-state index contributed by atoms with van der Waals surface area (Å²) in [6.45, 7) is -0.0695. The van der Waals surface area contributed by atoms with Gasteiger partial charge in [-0.2, -0.15) is 0 Å². The lowest BCUT2D eigenvalue weighted by molar-refractivity contribution is 0.103. The minimum absolute atomic E-state index is 0.0695. The highest BCUT2D eigenvalue weighted by molar-refractivity contribution is 9.10. The van der Waals surface area contributed by atoms with E-state index in [4.69, 9.17) is 9.47 Å². The van der Waals surface area contributed by atoms with Crippen LogP contribution >= 0.6 is 15.9 Å². The van der Waals surface area contributed by atoms with Crippen LogP contribution in [0, 0.1) is 5.82 Å². The molecule has 0 fully saturated rings. The fourth-order valence-corrected chi connectivity index (χ4v) is 2.25. The Morgan fingerprint density at radius 2 is 1.95 bits per heavy atom. The van der Waals surface area contributed by atoms with Crippen molar-refractivity contribution in [2.45, 2.75) is 6.10 Å². The molecule has 1 N–H and O–H groups in total. The number of rotatable bonds is 5. The standard InChI is InChI=1S/C15H14BrFO3/c1-19-14-8-4-6-11(16)15(14)20-9-13(18)10-5-2-3-7-12(10)17/h2-8,13,18H,9H2,1H3. The van der Waals surface area contributed by atoms with Crippen molar-refractivity contribution >= 4 is 15.9 Å². The van der Waals surface area contributed by atoms with E-state index in [1.165, 1.54) is 19.2 Å². The normalized spacial score (nSPS) is 12.0. The van der Waals surface area contributed by atoms with Crippen LogP contribution < -0.4 is 9.47 Å². The largest absolute Gasteiger partial charge is 0.493 e. The topological polar surface area (TPSA) is 38.7 Å². The number of halogens is 2. The van der Waals surface area contributed by atoms with Crippen LogP contribution in [0.2, 0.25) is 0 Å². The molecule has 106 valence electrons. The van der Waals surface area contributed by atoms with Gasteiger partial charge in [0, 0.05) is 5.56 Å². The van der Waals surface area contributed by atoms with Gasteiger partial charge in [0.2, 0.25) is 0 Å². The third kappa shape index (κ3) is 3.29. The van der Waals surface area contributed by atoms with Gasteiger partial charge in [-0.05, 0) is 34.1 Å². The van der Waals surface area contributed by atoms with Crippen molar-refractivity contribution in [2.24, 2.45) is 0 Å². The first-order valence-electron chi connectivity index (χ1n) is 6.01. The van der Waals surface area contributed by atoms with Crippen molar-refractivity contribution < 1.29 is 19.0 Å². The third-order valence-electron chi connectivity index (χ3n) is 2.80. The number of aliphatic hydroxyl groups excluding tert-OH is 1. The summed E-state index contributed by atoms with van der Waals surface area (Å²) in [7, 11) is 1.53. The number of aliphatic hydroxyl groups is 1. The van der Waals surface area contributed by atoms with Crippen molar-refractivity contribution in [3.63, 3.8) is 0 Å². The molecule has 2 aromatic rings. The lowest BCUT2D eigenvalue weighted by Crippen LogP contribution is -2.12. The van der Waals surface area contributed by atoms with Gasteiger partial charge in [0.25, 0.3) is 0 Å². The van der Waals surface area contributed by atoms with Gasteiger partial charge >= 0.3 is 0 Å². The van der Waals surface area contributed by atoms with Crippen LogP contribution in [0.1, 0.15) is 11.7 Å². The summed E-state index contributed by atoms with van der Waals surface area (Å²) in [6, 6.07) is 11.4. The van der Waals surface area contributed by atoms with Crippen molar-refractivity contribution in [1.82, 2.24) is 0 Å². The lowest BCUT2D eigenvalue weighted by Gasteiger charge is -2.16. The van der Waals surface area contributed by atoms with Crippen LogP contribution in [0.5, 0.6) is 11.5 Å². The number of benzene rings is 2. The van der Waals surface area contributed by atoms with E-state index in [-0.39, 0.29) is 12.2 Å². The zero-order chi connectivity index (χ0) is 14.5. The van der Waals surface area contributed by atoms with Gasteiger partial charge in [0.05, 0.1) is 11.6 Å². The summed E-state index contributed by atoms with van der Waals surface area (Å²) in [4.78, 5) is 0. The Morgan fingerprint density at radius 3 is 2.65 bits per heavy atom. The van der Waals surface area contributed by atoms with Crippen molar-refractivity contribution in [2.75, 3.05) is 13.7 Å². The van der Waals surface area contributed by atoms with Gasteiger partial charge < -0.3 is 14.6 Å². The summed E-state index contributed by atoms with van der Waals surface area (Å²) < 4.78 is 25.0. The summed E-state index contributed by atoms with van der Waals surface area (Å²) in [6.07, 6.45) is -1.05. The predicted molar refractivity (Wildman–Crippen MR) is 77.5 cm³/mol. The number of hydrogen-bond donors (Lipinski definition) is 1. The van der Waals surface area contributed by atoms with Gasteiger partial charge in [-0.25, -0.2) is 4.39 Å². The summed E-state index contributed by atoms with van der Waals surface area (Å²) >= 11 is 3.35. The maximum Gasteiger partial charge on any atom is 0.175 e. The SMILES string of the molecule is COc1cccc(Br)c1OCC(O)c1ccccc1F. The molecule has 2 rings (SSSR count). The Morgan fingerprint density at radius 1 is 1.20 bits per heavy atom. The Bertz CT molecular complexity index is 589. The molecule has 1 atom stereocenters. The maximum atomic E-state index is 13.5. The fraction of sp³-hybridized carbons (Fsp3) is 0.200. The minimum Gasteiger partial charge on any atom is -0.493 e. The Hall–Kier alpha value is -1.59. The zero-order valence-electron chi connectivity index (χ0n) is 10.8. The Balaban J connectivity index is 2.11. The molecule has 5 heteroatoms.